The standard InChI is InChI=1S/C19H27N7O3.HI/c1-20-19(22-11-15-5-4-6-21-18(15)29-10-9-28-3)25-7-8-26(17(27)14-25)16-12-23-24(2)13-16;/h4-6,12-13H,7-11,14H2,1-3H3,(H,20,22);1H. The molecule has 0 bridgehead atoms. The first kappa shape index (κ1) is 23.9. The third-order valence-corrected chi connectivity index (χ3v) is 4.55. The number of nitrogens with one attached hydrogen (secondary N) is 1. The van der Waals surface area contributed by atoms with E-state index in [2.05, 4.69) is 20.4 Å². The Morgan fingerprint density at radius 1 is 1.33 bits per heavy atom. The first-order valence-corrected chi connectivity index (χ1v) is 9.42. The number of carbonyl (C=O) groups is 1. The summed E-state index contributed by atoms with van der Waals surface area (Å²) in [6.45, 7) is 2.90. The van der Waals surface area contributed by atoms with Crippen LogP contribution < -0.4 is 15.0 Å². The monoisotopic (exact) mass is 529 g/mol. The number of rotatable bonds is 7. The molecule has 0 radical (unpaired) electrons. The Morgan fingerprint density at radius 3 is 2.83 bits per heavy atom. The minimum absolute atomic E-state index is 0. The number of ether oxygens (including phenoxy) is 2. The molecule has 30 heavy (non-hydrogen) atoms. The van der Waals surface area contributed by atoms with Crippen LogP contribution in [0, 0.1) is 0 Å². The van der Waals surface area contributed by atoms with Gasteiger partial charge in [0.1, 0.15) is 13.2 Å². The number of aromatic nitrogens is 3. The average molecular weight is 529 g/mol. The first-order valence-electron chi connectivity index (χ1n) is 9.42. The van der Waals surface area contributed by atoms with E-state index in [1.54, 1.807) is 36.1 Å². The number of anilines is 1. The predicted molar refractivity (Wildman–Crippen MR) is 124 cm³/mol. The lowest BCUT2D eigenvalue weighted by Crippen LogP contribution is -2.55. The number of nitrogens with zero attached hydrogens (tertiary/aromatic N) is 6. The molecule has 10 nitrogen and oxygen atoms in total. The van der Waals surface area contributed by atoms with Gasteiger partial charge in [-0.3, -0.25) is 14.5 Å². The summed E-state index contributed by atoms with van der Waals surface area (Å²) in [6, 6.07) is 3.81. The van der Waals surface area contributed by atoms with Crippen molar-refractivity contribution in [2.24, 2.45) is 12.0 Å². The molecule has 1 aliphatic rings. The SMILES string of the molecule is CN=C(NCc1cccnc1OCCOC)N1CCN(c2cnn(C)c2)C(=O)C1.I. The normalized spacial score (nSPS) is 14.5. The van der Waals surface area contributed by atoms with Crippen molar-refractivity contribution in [3.8, 4) is 5.88 Å². The number of aryl methyl sites for hydroxylation is 1. The Labute approximate surface area is 193 Å². The molecule has 1 saturated heterocycles. The number of hydrogen-bond donors (Lipinski definition) is 1. The van der Waals surface area contributed by atoms with Gasteiger partial charge in [0, 0.05) is 58.8 Å². The molecule has 1 N–H and O–H groups in total. The summed E-state index contributed by atoms with van der Waals surface area (Å²) in [5, 5.41) is 7.44. The Hall–Kier alpha value is -2.41. The Balaban J connectivity index is 0.00000320. The number of hydrogen-bond acceptors (Lipinski definition) is 6. The van der Waals surface area contributed by atoms with Gasteiger partial charge in [0.25, 0.3) is 0 Å². The smallest absolute Gasteiger partial charge is 0.246 e. The van der Waals surface area contributed by atoms with Crippen molar-refractivity contribution in [3.05, 3.63) is 36.3 Å². The summed E-state index contributed by atoms with van der Waals surface area (Å²) in [4.78, 5) is 24.9. The molecule has 3 heterocycles. The molecule has 0 unspecified atom stereocenters. The van der Waals surface area contributed by atoms with E-state index in [-0.39, 0.29) is 36.4 Å². The number of carbonyl (C=O) groups excluding carboxylic acids is 1. The highest BCUT2D eigenvalue weighted by molar-refractivity contribution is 14.0. The lowest BCUT2D eigenvalue weighted by molar-refractivity contribution is -0.120. The molecule has 0 atom stereocenters. The zero-order valence-electron chi connectivity index (χ0n) is 17.4. The van der Waals surface area contributed by atoms with Gasteiger partial charge in [-0.05, 0) is 6.07 Å². The fraction of sp³-hybridized carbons (Fsp3) is 0.474. The van der Waals surface area contributed by atoms with E-state index in [0.29, 0.717) is 44.7 Å². The van der Waals surface area contributed by atoms with E-state index in [9.17, 15) is 4.79 Å². The Kier molecular flexibility index (Phi) is 9.30. The van der Waals surface area contributed by atoms with Gasteiger partial charge in [0.2, 0.25) is 11.8 Å². The van der Waals surface area contributed by atoms with Crippen LogP contribution in [0.1, 0.15) is 5.56 Å². The second-order valence-corrected chi connectivity index (χ2v) is 6.55. The summed E-state index contributed by atoms with van der Waals surface area (Å²) in [5.74, 6) is 1.23. The topological polar surface area (TPSA) is 97.1 Å². The molecule has 0 aromatic carbocycles. The van der Waals surface area contributed by atoms with E-state index < -0.39 is 0 Å². The van der Waals surface area contributed by atoms with Gasteiger partial charge in [-0.1, -0.05) is 6.07 Å². The largest absolute Gasteiger partial charge is 0.475 e. The minimum atomic E-state index is 0. The predicted octanol–water partition coefficient (Wildman–Crippen LogP) is 0.882. The molecule has 11 heteroatoms. The third kappa shape index (κ3) is 6.05. The van der Waals surface area contributed by atoms with Crippen molar-refractivity contribution in [2.45, 2.75) is 6.54 Å². The van der Waals surface area contributed by atoms with Crippen LogP contribution in [0.4, 0.5) is 5.69 Å². The van der Waals surface area contributed by atoms with Gasteiger partial charge in [0.15, 0.2) is 5.96 Å². The van der Waals surface area contributed by atoms with Gasteiger partial charge in [-0.2, -0.15) is 5.10 Å². The number of guanidine groups is 1. The second-order valence-electron chi connectivity index (χ2n) is 6.55. The molecule has 2 aromatic rings. The molecule has 1 aliphatic heterocycles. The summed E-state index contributed by atoms with van der Waals surface area (Å²) >= 11 is 0. The third-order valence-electron chi connectivity index (χ3n) is 4.55. The van der Waals surface area contributed by atoms with Crippen LogP contribution in [0.15, 0.2) is 35.7 Å². The van der Waals surface area contributed by atoms with Crippen LogP contribution in [-0.2, 0) is 23.1 Å². The molecule has 164 valence electrons. The molecule has 0 saturated carbocycles. The molecule has 0 aliphatic carbocycles. The van der Waals surface area contributed by atoms with Crippen molar-refractivity contribution in [1.29, 1.82) is 0 Å². The zero-order valence-corrected chi connectivity index (χ0v) is 19.8. The average Bonchev–Trinajstić information content (AvgIpc) is 3.15. The van der Waals surface area contributed by atoms with Crippen LogP contribution in [0.25, 0.3) is 0 Å². The molecular formula is C19H28IN7O3. The highest BCUT2D eigenvalue weighted by Crippen LogP contribution is 2.17. The number of methoxy groups -OCH3 is 1. The van der Waals surface area contributed by atoms with E-state index in [4.69, 9.17) is 9.47 Å². The van der Waals surface area contributed by atoms with Gasteiger partial charge >= 0.3 is 0 Å². The lowest BCUT2D eigenvalue weighted by atomic mass is 10.2. The molecule has 0 spiro atoms. The maximum absolute atomic E-state index is 12.6. The maximum Gasteiger partial charge on any atom is 0.246 e. The van der Waals surface area contributed by atoms with Crippen molar-refractivity contribution < 1.29 is 14.3 Å². The van der Waals surface area contributed by atoms with Crippen molar-refractivity contribution in [2.75, 3.05) is 51.9 Å². The molecule has 3 rings (SSSR count). The summed E-state index contributed by atoms with van der Waals surface area (Å²) in [6.07, 6.45) is 5.24. The van der Waals surface area contributed by atoms with Gasteiger partial charge < -0.3 is 24.6 Å². The molecular weight excluding hydrogens is 501 g/mol. The maximum atomic E-state index is 12.6. The minimum Gasteiger partial charge on any atom is -0.475 e. The Morgan fingerprint density at radius 2 is 2.17 bits per heavy atom. The van der Waals surface area contributed by atoms with Gasteiger partial charge in [-0.15, -0.1) is 24.0 Å². The number of piperazine rings is 1. The number of amides is 1. The van der Waals surface area contributed by atoms with Crippen molar-refractivity contribution in [1.82, 2.24) is 25.0 Å². The highest BCUT2D eigenvalue weighted by atomic mass is 127. The summed E-state index contributed by atoms with van der Waals surface area (Å²) < 4.78 is 12.4. The highest BCUT2D eigenvalue weighted by Gasteiger charge is 2.27. The fourth-order valence-corrected chi connectivity index (χ4v) is 3.09. The van der Waals surface area contributed by atoms with Crippen LogP contribution in [-0.4, -0.2) is 78.5 Å². The van der Waals surface area contributed by atoms with Crippen LogP contribution in [0.3, 0.4) is 0 Å². The van der Waals surface area contributed by atoms with Crippen molar-refractivity contribution in [3.63, 3.8) is 0 Å². The number of halogens is 1. The summed E-state index contributed by atoms with van der Waals surface area (Å²) in [5.41, 5.74) is 1.72. The second kappa shape index (κ2) is 11.7. The van der Waals surface area contributed by atoms with Crippen molar-refractivity contribution >= 4 is 41.5 Å². The summed E-state index contributed by atoms with van der Waals surface area (Å²) in [7, 11) is 5.17. The molecule has 1 fully saturated rings. The lowest BCUT2D eigenvalue weighted by Gasteiger charge is -2.35. The van der Waals surface area contributed by atoms with Crippen LogP contribution in [0.5, 0.6) is 5.88 Å². The molecule has 1 amide bonds. The van der Waals surface area contributed by atoms with Gasteiger partial charge in [-0.25, -0.2) is 4.98 Å². The van der Waals surface area contributed by atoms with Crippen LogP contribution in [0.2, 0.25) is 0 Å². The van der Waals surface area contributed by atoms with Gasteiger partial charge in [0.05, 0.1) is 18.5 Å². The fourth-order valence-electron chi connectivity index (χ4n) is 3.09. The number of pyridine rings is 1. The number of aliphatic imine (C=N–C) groups is 1. The molecule has 2 aromatic heterocycles. The first-order chi connectivity index (χ1) is 14.1. The Bertz CT molecular complexity index is 858. The zero-order chi connectivity index (χ0) is 20.6. The van der Waals surface area contributed by atoms with Crippen LogP contribution >= 0.6 is 24.0 Å². The van der Waals surface area contributed by atoms with E-state index in [0.717, 1.165) is 11.3 Å². The van der Waals surface area contributed by atoms with E-state index in [1.807, 2.05) is 30.3 Å². The van der Waals surface area contributed by atoms with E-state index in [1.165, 1.54) is 0 Å². The quantitative estimate of drug-likeness (QED) is 0.246. The van der Waals surface area contributed by atoms with E-state index >= 15 is 0 Å².